The van der Waals surface area contributed by atoms with E-state index in [2.05, 4.69) is 20.7 Å². The summed E-state index contributed by atoms with van der Waals surface area (Å²) in [6.07, 6.45) is 0. The van der Waals surface area contributed by atoms with Crippen molar-refractivity contribution in [2.24, 2.45) is 0 Å². The number of esters is 1. The van der Waals surface area contributed by atoms with Crippen molar-refractivity contribution in [3.63, 3.8) is 0 Å². The number of carbonyl (C=O) groups is 1. The topological polar surface area (TPSA) is 26.3 Å². The predicted octanol–water partition coefficient (Wildman–Crippen LogP) is 1.12. The third-order valence-corrected chi connectivity index (χ3v) is 0.892. The lowest BCUT2D eigenvalue weighted by molar-refractivity contribution is -0.138. The summed E-state index contributed by atoms with van der Waals surface area (Å²) in [5.74, 6) is -0.338. The van der Waals surface area contributed by atoms with Crippen LogP contribution in [0.5, 0.6) is 0 Å². The van der Waals surface area contributed by atoms with Gasteiger partial charge in [0.15, 0.2) is 6.07 Å². The fraction of sp³-hybridized carbons (Fsp3) is 0.667. The second-order valence-electron chi connectivity index (χ2n) is 0.759. The van der Waals surface area contributed by atoms with Crippen LogP contribution >= 0.6 is 27.5 Å². The summed E-state index contributed by atoms with van der Waals surface area (Å²) < 4.78 is 4.27. The van der Waals surface area contributed by atoms with E-state index in [0.29, 0.717) is 0 Å². The molecule has 0 N–H and O–H groups in total. The molecule has 0 aliphatic rings. The number of ether oxygens (including phenoxy) is 1. The molecule has 0 aromatic carbocycles. The first-order chi connectivity index (χ1) is 3.31. The smallest absolute Gasteiger partial charge is 0.317 e. The molecule has 0 saturated heterocycles. The Kier molecular flexibility index (Phi) is 4.55. The Morgan fingerprint density at radius 3 is 2.57 bits per heavy atom. The quantitative estimate of drug-likeness (QED) is 0.478. The van der Waals surface area contributed by atoms with E-state index in [4.69, 9.17) is 11.6 Å². The van der Waals surface area contributed by atoms with Gasteiger partial charge in [-0.3, -0.25) is 4.79 Å². The number of hydrogen-bond acceptors (Lipinski definition) is 2. The zero-order chi connectivity index (χ0) is 5.70. The van der Waals surface area contributed by atoms with Crippen LogP contribution in [0.3, 0.4) is 0 Å². The maximum Gasteiger partial charge on any atom is 0.317 e. The van der Waals surface area contributed by atoms with Gasteiger partial charge in [0.05, 0.1) is 0 Å². The van der Waals surface area contributed by atoms with Crippen LogP contribution in [0.15, 0.2) is 0 Å². The monoisotopic (exact) mass is 186 g/mol. The fourth-order valence-electron chi connectivity index (χ4n) is 0.0994. The van der Waals surface area contributed by atoms with Crippen molar-refractivity contribution in [3.8, 4) is 0 Å². The van der Waals surface area contributed by atoms with Gasteiger partial charge in [0.2, 0.25) is 0 Å². The van der Waals surface area contributed by atoms with E-state index in [9.17, 15) is 4.79 Å². The molecule has 0 radical (unpaired) electrons. The number of carbonyl (C=O) groups excluding carboxylic acids is 1. The van der Waals surface area contributed by atoms with E-state index >= 15 is 0 Å². The molecule has 0 rings (SSSR count). The highest BCUT2D eigenvalue weighted by molar-refractivity contribution is 9.09. The molecule has 0 aliphatic carbocycles. The van der Waals surface area contributed by atoms with Crippen molar-refractivity contribution in [3.05, 3.63) is 0 Å². The van der Waals surface area contributed by atoms with Crippen molar-refractivity contribution in [1.29, 1.82) is 0 Å². The molecule has 0 amide bonds. The molecule has 0 unspecified atom stereocenters. The standard InChI is InChI=1S/C3H4BrClO2/c4-1-3(6)7-2-5/h1-2H2. The maximum absolute atomic E-state index is 10.1. The number of hydrogen-bond donors (Lipinski definition) is 0. The van der Waals surface area contributed by atoms with Crippen molar-refractivity contribution < 1.29 is 9.53 Å². The molecule has 7 heavy (non-hydrogen) atoms. The van der Waals surface area contributed by atoms with Crippen LogP contribution < -0.4 is 0 Å². The molecule has 2 nitrogen and oxygen atoms in total. The molecule has 0 spiro atoms. The molecular weight excluding hydrogens is 183 g/mol. The van der Waals surface area contributed by atoms with Crippen molar-refractivity contribution in [2.45, 2.75) is 0 Å². The summed E-state index contributed by atoms with van der Waals surface area (Å²) in [6, 6.07) is -0.0650. The summed E-state index contributed by atoms with van der Waals surface area (Å²) in [5.41, 5.74) is 0. The molecule has 0 aromatic heterocycles. The Balaban J connectivity index is 3.00. The van der Waals surface area contributed by atoms with Crippen molar-refractivity contribution >= 4 is 33.5 Å². The Bertz CT molecular complexity index is 66.0. The SMILES string of the molecule is O=C(CBr)OCCl. The predicted molar refractivity (Wildman–Crippen MR) is 30.6 cm³/mol. The first kappa shape index (κ1) is 7.24. The van der Waals surface area contributed by atoms with Gasteiger partial charge >= 0.3 is 5.97 Å². The van der Waals surface area contributed by atoms with Crippen LogP contribution in [0.2, 0.25) is 0 Å². The van der Waals surface area contributed by atoms with Crippen LogP contribution in [-0.2, 0) is 9.53 Å². The molecule has 0 aliphatic heterocycles. The summed E-state index contributed by atoms with van der Waals surface area (Å²) >= 11 is 7.89. The first-order valence-corrected chi connectivity index (χ1v) is 3.24. The Hall–Kier alpha value is 0.240. The van der Waals surface area contributed by atoms with Gasteiger partial charge in [-0.15, -0.1) is 0 Å². The van der Waals surface area contributed by atoms with Gasteiger partial charge < -0.3 is 4.74 Å². The van der Waals surface area contributed by atoms with Crippen LogP contribution in [0.4, 0.5) is 0 Å². The van der Waals surface area contributed by atoms with E-state index in [1.54, 1.807) is 0 Å². The lowest BCUT2D eigenvalue weighted by Crippen LogP contribution is -2.02. The van der Waals surface area contributed by atoms with E-state index in [1.807, 2.05) is 0 Å². The molecule has 0 heterocycles. The molecule has 4 heteroatoms. The average Bonchev–Trinajstić information content (AvgIpc) is 1.68. The van der Waals surface area contributed by atoms with E-state index < -0.39 is 0 Å². The van der Waals surface area contributed by atoms with Gasteiger partial charge in [0, 0.05) is 0 Å². The minimum atomic E-state index is -0.338. The molecule has 0 bridgehead atoms. The lowest BCUT2D eigenvalue weighted by Gasteiger charge is -1.91. The lowest BCUT2D eigenvalue weighted by atomic mass is 10.8. The van der Waals surface area contributed by atoms with Crippen LogP contribution in [0.25, 0.3) is 0 Å². The maximum atomic E-state index is 10.1. The average molecular weight is 187 g/mol. The molecule has 42 valence electrons. The van der Waals surface area contributed by atoms with Gasteiger partial charge in [-0.1, -0.05) is 27.5 Å². The third-order valence-electron chi connectivity index (χ3n) is 0.325. The third kappa shape index (κ3) is 4.09. The second-order valence-corrected chi connectivity index (χ2v) is 1.54. The molecular formula is C3H4BrClO2. The van der Waals surface area contributed by atoms with E-state index in [-0.39, 0.29) is 17.4 Å². The van der Waals surface area contributed by atoms with Gasteiger partial charge in [0.1, 0.15) is 5.33 Å². The van der Waals surface area contributed by atoms with E-state index in [0.717, 1.165) is 0 Å². The molecule has 0 saturated carbocycles. The van der Waals surface area contributed by atoms with Crippen LogP contribution in [0.1, 0.15) is 0 Å². The fourth-order valence-corrected chi connectivity index (χ4v) is 0.383. The first-order valence-electron chi connectivity index (χ1n) is 1.58. The Morgan fingerprint density at radius 1 is 1.86 bits per heavy atom. The Morgan fingerprint density at radius 2 is 2.43 bits per heavy atom. The highest BCUT2D eigenvalue weighted by Gasteiger charge is 1.93. The molecule has 0 aromatic rings. The minimum absolute atomic E-state index is 0.0650. The van der Waals surface area contributed by atoms with Crippen LogP contribution in [0, 0.1) is 0 Å². The van der Waals surface area contributed by atoms with Crippen molar-refractivity contribution in [2.75, 3.05) is 11.4 Å². The normalized spacial score (nSPS) is 8.29. The number of halogens is 2. The Labute approximate surface area is 54.9 Å². The van der Waals surface area contributed by atoms with E-state index in [1.165, 1.54) is 0 Å². The van der Waals surface area contributed by atoms with Gasteiger partial charge in [-0.05, 0) is 0 Å². The molecule has 0 atom stereocenters. The van der Waals surface area contributed by atoms with Gasteiger partial charge in [-0.25, -0.2) is 0 Å². The highest BCUT2D eigenvalue weighted by Crippen LogP contribution is 1.85. The summed E-state index contributed by atoms with van der Waals surface area (Å²) in [6.45, 7) is 0. The summed E-state index contributed by atoms with van der Waals surface area (Å²) in [7, 11) is 0. The second kappa shape index (κ2) is 4.40. The minimum Gasteiger partial charge on any atom is -0.449 e. The van der Waals surface area contributed by atoms with Gasteiger partial charge in [0.25, 0.3) is 0 Å². The largest absolute Gasteiger partial charge is 0.449 e. The van der Waals surface area contributed by atoms with Crippen LogP contribution in [-0.4, -0.2) is 17.4 Å². The number of alkyl halides is 2. The molecule has 0 fully saturated rings. The van der Waals surface area contributed by atoms with Crippen molar-refractivity contribution in [1.82, 2.24) is 0 Å². The summed E-state index contributed by atoms with van der Waals surface area (Å²) in [5, 5.41) is 0.208. The number of rotatable bonds is 2. The summed E-state index contributed by atoms with van der Waals surface area (Å²) in [4.78, 5) is 10.1. The zero-order valence-electron chi connectivity index (χ0n) is 3.49. The highest BCUT2D eigenvalue weighted by atomic mass is 79.9. The van der Waals surface area contributed by atoms with Gasteiger partial charge in [-0.2, -0.15) is 0 Å². The zero-order valence-corrected chi connectivity index (χ0v) is 5.83.